The summed E-state index contributed by atoms with van der Waals surface area (Å²) < 4.78 is 6.39. The van der Waals surface area contributed by atoms with Crippen LogP contribution in [0.3, 0.4) is 0 Å². The summed E-state index contributed by atoms with van der Waals surface area (Å²) in [6.45, 7) is 19.9. The lowest BCUT2D eigenvalue weighted by Crippen LogP contribution is -2.58. The molecule has 2 aromatic rings. The van der Waals surface area contributed by atoms with Crippen LogP contribution in [0.4, 0.5) is 0 Å². The third-order valence-corrected chi connectivity index (χ3v) is 14.3. The molecule has 226 valence electrons. The molecule has 1 N–H and O–H groups in total. The van der Waals surface area contributed by atoms with Gasteiger partial charge in [-0.15, -0.1) is 6.58 Å². The maximum absolute atomic E-state index is 14.5. The number of hydrogen-bond acceptors (Lipinski definition) is 3. The fourth-order valence-electron chi connectivity index (χ4n) is 5.94. The monoisotopic (exact) mass is 617 g/mol. The lowest BCUT2D eigenvalue weighted by molar-refractivity contribution is -0.158. The Morgan fingerprint density at radius 2 is 1.80 bits per heavy atom. The highest BCUT2D eigenvalue weighted by Gasteiger charge is 2.51. The van der Waals surface area contributed by atoms with E-state index in [1.54, 1.807) is 0 Å². The van der Waals surface area contributed by atoms with Crippen molar-refractivity contribution in [3.8, 4) is 0 Å². The van der Waals surface area contributed by atoms with Crippen molar-refractivity contribution in [2.24, 2.45) is 5.41 Å². The second-order valence-electron chi connectivity index (χ2n) is 13.4. The predicted molar refractivity (Wildman–Crippen MR) is 175 cm³/mol. The van der Waals surface area contributed by atoms with Crippen LogP contribution in [0.5, 0.6) is 0 Å². The van der Waals surface area contributed by atoms with Gasteiger partial charge in [-0.2, -0.15) is 0 Å². The number of piperidine rings is 1. The molecule has 1 aliphatic rings. The molecule has 1 amide bonds. The molecular formula is C34H49Cl2NO3Si. The Morgan fingerprint density at radius 1 is 1.15 bits per heavy atom. The van der Waals surface area contributed by atoms with Crippen molar-refractivity contribution < 1.29 is 14.3 Å². The van der Waals surface area contributed by atoms with Crippen molar-refractivity contribution in [2.45, 2.75) is 109 Å². The summed E-state index contributed by atoms with van der Waals surface area (Å²) >= 11 is 12.8. The smallest absolute Gasteiger partial charge is 0.229 e. The third kappa shape index (κ3) is 7.86. The summed E-state index contributed by atoms with van der Waals surface area (Å²) in [4.78, 5) is 16.5. The molecule has 0 aromatic heterocycles. The highest BCUT2D eigenvalue weighted by molar-refractivity contribution is 6.74. The number of carbonyl (C=O) groups is 1. The van der Waals surface area contributed by atoms with Crippen LogP contribution in [0.15, 0.2) is 61.2 Å². The van der Waals surface area contributed by atoms with Crippen LogP contribution in [0.1, 0.15) is 89.8 Å². The van der Waals surface area contributed by atoms with Crippen LogP contribution in [0.2, 0.25) is 28.2 Å². The first-order chi connectivity index (χ1) is 19.1. The van der Waals surface area contributed by atoms with Crippen molar-refractivity contribution in [1.29, 1.82) is 0 Å². The second-order valence-corrected chi connectivity index (χ2v) is 19.1. The van der Waals surface area contributed by atoms with Gasteiger partial charge in [0.25, 0.3) is 0 Å². The largest absolute Gasteiger partial charge is 0.417 e. The van der Waals surface area contributed by atoms with Crippen LogP contribution in [-0.2, 0) is 9.22 Å². The minimum absolute atomic E-state index is 0.0271. The number of allylic oxidation sites excluding steroid dienone is 1. The van der Waals surface area contributed by atoms with Crippen LogP contribution in [0, 0.1) is 5.41 Å². The van der Waals surface area contributed by atoms with Crippen molar-refractivity contribution in [3.63, 3.8) is 0 Å². The van der Waals surface area contributed by atoms with Gasteiger partial charge in [-0.3, -0.25) is 4.79 Å². The first kappa shape index (κ1) is 33.9. The molecule has 1 fully saturated rings. The van der Waals surface area contributed by atoms with E-state index in [-0.39, 0.29) is 28.9 Å². The molecule has 7 heteroatoms. The van der Waals surface area contributed by atoms with Gasteiger partial charge in [0.15, 0.2) is 8.32 Å². The molecule has 1 aliphatic heterocycles. The molecule has 0 bridgehead atoms. The highest BCUT2D eigenvalue weighted by atomic mass is 35.5. The molecule has 0 radical (unpaired) electrons. The van der Waals surface area contributed by atoms with Gasteiger partial charge in [0, 0.05) is 22.6 Å². The van der Waals surface area contributed by atoms with Crippen molar-refractivity contribution in [3.05, 3.63) is 82.4 Å². The minimum Gasteiger partial charge on any atom is -0.417 e. The van der Waals surface area contributed by atoms with E-state index in [0.29, 0.717) is 42.3 Å². The fourth-order valence-corrected chi connectivity index (χ4v) is 7.35. The quantitative estimate of drug-likeness (QED) is 0.146. The number of halogens is 2. The standard InChI is InChI=1S/C34H49Cl2NO3Si/c1-9-20-34(6)23-28(25-13-11-14-27(36)22-25)31(24-16-18-26(35)19-17-24)37(32(34)39)29(10-2)30(38)15-12-21-40-41(7,8)33(3,4)5/h9,11,13-14,16-19,22,28-31,38H,1,10,12,15,20-21,23H2,2-8H3/t28-,29?,30?,31-,34+/m1/s1. The normalized spacial score (nSPS) is 23.4. The molecule has 5 atom stereocenters. The number of hydrogen-bond donors (Lipinski definition) is 1. The zero-order chi connectivity index (χ0) is 30.6. The molecule has 0 saturated carbocycles. The van der Waals surface area contributed by atoms with Gasteiger partial charge in [-0.25, -0.2) is 0 Å². The van der Waals surface area contributed by atoms with Gasteiger partial charge < -0.3 is 14.4 Å². The zero-order valence-corrected chi connectivity index (χ0v) is 28.4. The summed E-state index contributed by atoms with van der Waals surface area (Å²) in [5, 5.41) is 13.1. The average Bonchev–Trinajstić information content (AvgIpc) is 2.89. The van der Waals surface area contributed by atoms with E-state index < -0.39 is 19.8 Å². The molecule has 2 aromatic carbocycles. The summed E-state index contributed by atoms with van der Waals surface area (Å²) in [7, 11) is -1.87. The van der Waals surface area contributed by atoms with Crippen molar-refractivity contribution in [2.75, 3.05) is 6.61 Å². The number of benzene rings is 2. The number of nitrogens with zero attached hydrogens (tertiary/aromatic N) is 1. The molecule has 1 heterocycles. The predicted octanol–water partition coefficient (Wildman–Crippen LogP) is 9.57. The first-order valence-corrected chi connectivity index (χ1v) is 18.6. The van der Waals surface area contributed by atoms with Crippen molar-refractivity contribution in [1.82, 2.24) is 4.90 Å². The Balaban J connectivity index is 2.01. The van der Waals surface area contributed by atoms with E-state index in [9.17, 15) is 9.90 Å². The van der Waals surface area contributed by atoms with E-state index in [0.717, 1.165) is 17.5 Å². The topological polar surface area (TPSA) is 49.8 Å². The Labute approximate surface area is 259 Å². The number of amides is 1. The Hall–Kier alpha value is -1.63. The van der Waals surface area contributed by atoms with E-state index in [4.69, 9.17) is 27.6 Å². The number of carbonyl (C=O) groups excluding carboxylic acids is 1. The van der Waals surface area contributed by atoms with E-state index in [1.165, 1.54) is 0 Å². The number of likely N-dealkylation sites (tertiary alicyclic amines) is 1. The maximum Gasteiger partial charge on any atom is 0.229 e. The summed E-state index contributed by atoms with van der Waals surface area (Å²) in [6, 6.07) is 15.1. The van der Waals surface area contributed by atoms with Crippen LogP contribution >= 0.6 is 23.2 Å². The van der Waals surface area contributed by atoms with Crippen molar-refractivity contribution >= 4 is 37.4 Å². The summed E-state index contributed by atoms with van der Waals surface area (Å²) in [6.07, 6.45) is 4.28. The molecular weight excluding hydrogens is 569 g/mol. The van der Waals surface area contributed by atoms with Gasteiger partial charge in [0.2, 0.25) is 5.91 Å². The molecule has 1 saturated heterocycles. The Kier molecular flexibility index (Phi) is 11.4. The number of aliphatic hydroxyl groups excluding tert-OH is 1. The highest BCUT2D eigenvalue weighted by Crippen LogP contribution is 2.52. The Bertz CT molecular complexity index is 1180. The fraction of sp³-hybridized carbons (Fsp3) is 0.559. The van der Waals surface area contributed by atoms with Gasteiger partial charge in [0.1, 0.15) is 0 Å². The zero-order valence-electron chi connectivity index (χ0n) is 25.9. The lowest BCUT2D eigenvalue weighted by atomic mass is 9.66. The molecule has 0 spiro atoms. The van der Waals surface area contributed by atoms with Crippen LogP contribution in [-0.4, -0.2) is 43.0 Å². The summed E-state index contributed by atoms with van der Waals surface area (Å²) in [5.41, 5.74) is 1.42. The lowest BCUT2D eigenvalue weighted by Gasteiger charge is -2.53. The molecule has 4 nitrogen and oxygen atoms in total. The number of aliphatic hydroxyl groups is 1. The van der Waals surface area contributed by atoms with E-state index in [2.05, 4.69) is 53.4 Å². The van der Waals surface area contributed by atoms with Gasteiger partial charge in [0.05, 0.1) is 23.6 Å². The summed E-state index contributed by atoms with van der Waals surface area (Å²) in [5.74, 6) is 0.0275. The average molecular weight is 619 g/mol. The third-order valence-electron chi connectivity index (χ3n) is 9.32. The SMILES string of the molecule is C=CC[C@@]1(C)C[C@H](c2cccc(Cl)c2)[C@@H](c2ccc(Cl)cc2)N(C(CC)C(O)CCCO[Si](C)(C)C(C)(C)C)C1=O. The minimum atomic E-state index is -1.87. The molecule has 3 rings (SSSR count). The molecule has 41 heavy (non-hydrogen) atoms. The molecule has 0 aliphatic carbocycles. The van der Waals surface area contributed by atoms with E-state index >= 15 is 0 Å². The van der Waals surface area contributed by atoms with Gasteiger partial charge >= 0.3 is 0 Å². The van der Waals surface area contributed by atoms with E-state index in [1.807, 2.05) is 60.4 Å². The van der Waals surface area contributed by atoms with Crippen LogP contribution < -0.4 is 0 Å². The number of rotatable bonds is 12. The first-order valence-electron chi connectivity index (χ1n) is 14.9. The second kappa shape index (κ2) is 13.8. The molecule has 2 unspecified atom stereocenters. The van der Waals surface area contributed by atoms with Crippen LogP contribution in [0.25, 0.3) is 0 Å². The van der Waals surface area contributed by atoms with Gasteiger partial charge in [-0.05, 0) is 85.6 Å². The van der Waals surface area contributed by atoms with Gasteiger partial charge in [-0.1, -0.05) is 88.2 Å². The Morgan fingerprint density at radius 3 is 2.37 bits per heavy atom. The maximum atomic E-state index is 14.5.